The molecule has 114 valence electrons. The van der Waals surface area contributed by atoms with Crippen molar-refractivity contribution in [2.75, 3.05) is 31.1 Å². The number of aromatic nitrogens is 1. The fourth-order valence-corrected chi connectivity index (χ4v) is 3.24. The molecule has 0 spiro atoms. The predicted octanol–water partition coefficient (Wildman–Crippen LogP) is 1.67. The fraction of sp³-hybridized carbons (Fsp3) is 0.625. The van der Waals surface area contributed by atoms with Gasteiger partial charge in [-0.3, -0.25) is 4.90 Å². The van der Waals surface area contributed by atoms with Crippen molar-refractivity contribution in [2.45, 2.75) is 38.1 Å². The van der Waals surface area contributed by atoms with Crippen LogP contribution in [0.1, 0.15) is 32.1 Å². The van der Waals surface area contributed by atoms with Crippen molar-refractivity contribution in [3.8, 4) is 0 Å². The van der Waals surface area contributed by atoms with Crippen LogP contribution in [0.3, 0.4) is 0 Å². The van der Waals surface area contributed by atoms with Crippen molar-refractivity contribution < 1.29 is 9.78 Å². The maximum atomic E-state index is 12.3. The van der Waals surface area contributed by atoms with Crippen molar-refractivity contribution in [1.82, 2.24) is 10.2 Å². The molecule has 1 aliphatic carbocycles. The van der Waals surface area contributed by atoms with E-state index >= 15 is 0 Å². The van der Waals surface area contributed by atoms with E-state index in [2.05, 4.69) is 21.3 Å². The molecule has 1 aromatic heterocycles. The normalized spacial score (nSPS) is 20.4. The summed E-state index contributed by atoms with van der Waals surface area (Å²) in [6.07, 6.45) is 8.05. The molecule has 2 aliphatic rings. The van der Waals surface area contributed by atoms with Gasteiger partial charge in [0.1, 0.15) is 13.1 Å². The summed E-state index contributed by atoms with van der Waals surface area (Å²) in [5.74, 6) is 1.13. The Morgan fingerprint density at radius 3 is 2.52 bits per heavy atom. The molecule has 5 heteroatoms. The van der Waals surface area contributed by atoms with E-state index in [1.165, 1.54) is 19.3 Å². The van der Waals surface area contributed by atoms with E-state index in [-0.39, 0.29) is 6.03 Å². The van der Waals surface area contributed by atoms with Gasteiger partial charge < -0.3 is 10.2 Å². The minimum absolute atomic E-state index is 0.124. The molecule has 2 N–H and O–H groups in total. The third kappa shape index (κ3) is 3.65. The van der Waals surface area contributed by atoms with Gasteiger partial charge in [-0.25, -0.2) is 9.78 Å². The number of nitrogens with one attached hydrogen (secondary N) is 2. The topological polar surface area (TPSA) is 49.7 Å². The van der Waals surface area contributed by atoms with E-state index in [1.807, 2.05) is 23.2 Å². The van der Waals surface area contributed by atoms with Crippen LogP contribution in [-0.4, -0.2) is 43.2 Å². The highest BCUT2D eigenvalue weighted by atomic mass is 16.2. The average molecular weight is 289 g/mol. The molecule has 1 aliphatic heterocycles. The number of anilines is 1. The van der Waals surface area contributed by atoms with Gasteiger partial charge in [-0.15, -0.1) is 0 Å². The van der Waals surface area contributed by atoms with E-state index < -0.39 is 0 Å². The summed E-state index contributed by atoms with van der Waals surface area (Å²) in [7, 11) is 0. The number of nitrogens with zero attached hydrogens (tertiary/aromatic N) is 2. The molecule has 1 saturated carbocycles. The highest BCUT2D eigenvalue weighted by molar-refractivity contribution is 5.74. The first-order chi connectivity index (χ1) is 10.3. The van der Waals surface area contributed by atoms with Gasteiger partial charge in [0.25, 0.3) is 5.82 Å². The Morgan fingerprint density at radius 1 is 1.10 bits per heavy atom. The summed E-state index contributed by atoms with van der Waals surface area (Å²) in [5, 5.41) is 3.20. The quantitative estimate of drug-likeness (QED) is 0.900. The number of urea groups is 1. The lowest BCUT2D eigenvalue weighted by Gasteiger charge is -2.33. The van der Waals surface area contributed by atoms with E-state index in [0.717, 1.165) is 44.8 Å². The smallest absolute Gasteiger partial charge is 0.317 e. The number of rotatable bonds is 2. The number of aromatic amines is 1. The summed E-state index contributed by atoms with van der Waals surface area (Å²) in [6.45, 7) is 3.36. The summed E-state index contributed by atoms with van der Waals surface area (Å²) in [4.78, 5) is 19.8. The molecule has 2 amide bonds. The Bertz CT molecular complexity index is 451. The first kappa shape index (κ1) is 14.2. The number of amides is 2. The van der Waals surface area contributed by atoms with Crippen LogP contribution in [-0.2, 0) is 0 Å². The third-order valence-corrected chi connectivity index (χ3v) is 4.53. The SMILES string of the molecule is O=C(NC1CCCCC1)N1CCN(c2cccc[nH+]2)CC1. The largest absolute Gasteiger partial charge is 0.335 e. The van der Waals surface area contributed by atoms with Crippen molar-refractivity contribution >= 4 is 11.8 Å². The second-order valence-electron chi connectivity index (χ2n) is 6.01. The standard InChI is InChI=1S/C16H24N4O/c21-16(18-14-6-2-1-3-7-14)20-12-10-19(11-13-20)15-8-4-5-9-17-15/h4-5,8-9,14H,1-3,6-7,10-13H2,(H,18,21)/p+1. The second kappa shape index (κ2) is 6.78. The molecular formula is C16H25N4O+. The molecule has 21 heavy (non-hydrogen) atoms. The molecule has 0 bridgehead atoms. The lowest BCUT2D eigenvalue weighted by Crippen LogP contribution is -2.54. The van der Waals surface area contributed by atoms with Crippen LogP contribution in [0.5, 0.6) is 0 Å². The molecule has 2 fully saturated rings. The molecule has 1 aromatic rings. The van der Waals surface area contributed by atoms with Crippen LogP contribution in [0, 0.1) is 0 Å². The molecule has 3 rings (SSSR count). The maximum Gasteiger partial charge on any atom is 0.317 e. The minimum atomic E-state index is 0.124. The Hall–Kier alpha value is -1.78. The van der Waals surface area contributed by atoms with Gasteiger partial charge in [-0.2, -0.15) is 0 Å². The molecule has 0 unspecified atom stereocenters. The van der Waals surface area contributed by atoms with Gasteiger partial charge in [0, 0.05) is 12.1 Å². The van der Waals surface area contributed by atoms with Gasteiger partial charge in [0.2, 0.25) is 0 Å². The van der Waals surface area contributed by atoms with Crippen molar-refractivity contribution in [3.05, 3.63) is 24.4 Å². The first-order valence-corrected chi connectivity index (χ1v) is 8.10. The van der Waals surface area contributed by atoms with Crippen LogP contribution >= 0.6 is 0 Å². The van der Waals surface area contributed by atoms with Gasteiger partial charge in [0.05, 0.1) is 19.3 Å². The lowest BCUT2D eigenvalue weighted by atomic mass is 9.96. The zero-order valence-corrected chi connectivity index (χ0v) is 12.6. The van der Waals surface area contributed by atoms with Crippen LogP contribution in [0.25, 0.3) is 0 Å². The van der Waals surface area contributed by atoms with Gasteiger partial charge in [-0.1, -0.05) is 25.3 Å². The zero-order valence-electron chi connectivity index (χ0n) is 12.6. The van der Waals surface area contributed by atoms with Crippen LogP contribution in [0.2, 0.25) is 0 Å². The predicted molar refractivity (Wildman–Crippen MR) is 82.2 cm³/mol. The van der Waals surface area contributed by atoms with Crippen LogP contribution < -0.4 is 15.2 Å². The van der Waals surface area contributed by atoms with Gasteiger partial charge in [0.15, 0.2) is 0 Å². The molecule has 5 nitrogen and oxygen atoms in total. The summed E-state index contributed by atoms with van der Waals surface area (Å²) in [6, 6.07) is 6.62. The van der Waals surface area contributed by atoms with Gasteiger partial charge >= 0.3 is 6.03 Å². The Labute approximate surface area is 126 Å². The van der Waals surface area contributed by atoms with E-state index in [9.17, 15) is 4.79 Å². The highest BCUT2D eigenvalue weighted by Crippen LogP contribution is 2.18. The van der Waals surface area contributed by atoms with E-state index in [0.29, 0.717) is 6.04 Å². The van der Waals surface area contributed by atoms with Crippen molar-refractivity contribution in [3.63, 3.8) is 0 Å². The molecule has 2 heterocycles. The summed E-state index contributed by atoms with van der Waals surface area (Å²) >= 11 is 0. The molecule has 0 atom stereocenters. The number of carbonyl (C=O) groups is 1. The average Bonchev–Trinajstić information content (AvgIpc) is 2.57. The third-order valence-electron chi connectivity index (χ3n) is 4.53. The van der Waals surface area contributed by atoms with Crippen LogP contribution in [0.15, 0.2) is 24.4 Å². The molecule has 0 aromatic carbocycles. The highest BCUT2D eigenvalue weighted by Gasteiger charge is 2.27. The number of carbonyl (C=O) groups excluding carboxylic acids is 1. The molecular weight excluding hydrogens is 264 g/mol. The Balaban J connectivity index is 1.47. The van der Waals surface area contributed by atoms with E-state index in [4.69, 9.17) is 0 Å². The van der Waals surface area contributed by atoms with Gasteiger partial charge in [-0.05, 0) is 18.9 Å². The number of piperazine rings is 1. The van der Waals surface area contributed by atoms with E-state index in [1.54, 1.807) is 0 Å². The number of hydrogen-bond donors (Lipinski definition) is 1. The monoisotopic (exact) mass is 289 g/mol. The molecule has 0 radical (unpaired) electrons. The van der Waals surface area contributed by atoms with Crippen LogP contribution in [0.4, 0.5) is 10.6 Å². The number of hydrogen-bond acceptors (Lipinski definition) is 2. The Morgan fingerprint density at radius 2 is 1.86 bits per heavy atom. The lowest BCUT2D eigenvalue weighted by molar-refractivity contribution is -0.364. The fourth-order valence-electron chi connectivity index (χ4n) is 3.24. The Kier molecular flexibility index (Phi) is 4.58. The first-order valence-electron chi connectivity index (χ1n) is 8.10. The zero-order chi connectivity index (χ0) is 14.5. The summed E-state index contributed by atoms with van der Waals surface area (Å²) in [5.41, 5.74) is 0. The number of pyridine rings is 1. The summed E-state index contributed by atoms with van der Waals surface area (Å²) < 4.78 is 0. The van der Waals surface area contributed by atoms with Crippen molar-refractivity contribution in [1.29, 1.82) is 0 Å². The number of H-pyrrole nitrogens is 1. The minimum Gasteiger partial charge on any atom is -0.335 e. The maximum absolute atomic E-state index is 12.3. The van der Waals surface area contributed by atoms with Crippen molar-refractivity contribution in [2.24, 2.45) is 0 Å². The second-order valence-corrected chi connectivity index (χ2v) is 6.01. The molecule has 1 saturated heterocycles.